The first kappa shape index (κ1) is 14.2. The molecule has 0 heterocycles. The molecule has 4 heteroatoms. The lowest BCUT2D eigenvalue weighted by Gasteiger charge is -2.20. The van der Waals surface area contributed by atoms with Crippen molar-refractivity contribution in [1.82, 2.24) is 4.90 Å². The van der Waals surface area contributed by atoms with Crippen LogP contribution < -0.4 is 5.73 Å². The van der Waals surface area contributed by atoms with Crippen molar-refractivity contribution in [2.45, 2.75) is 26.3 Å². The van der Waals surface area contributed by atoms with E-state index in [0.29, 0.717) is 6.54 Å². The molecule has 1 rings (SSSR count). The summed E-state index contributed by atoms with van der Waals surface area (Å²) in [4.78, 5) is 13.1. The molecule has 1 aromatic rings. The number of carbonyl (C=O) groups is 1. The molecule has 1 aromatic carbocycles. The quantitative estimate of drug-likeness (QED) is 0.841. The number of carbonyl (C=O) groups excluding carboxylic acids is 1. The van der Waals surface area contributed by atoms with Crippen molar-refractivity contribution >= 4 is 21.8 Å². The first-order valence-electron chi connectivity index (χ1n) is 5.87. The fraction of sp³-hybridized carbons (Fsp3) is 0.462. The van der Waals surface area contributed by atoms with Crippen LogP contribution >= 0.6 is 15.9 Å². The Bertz CT molecular complexity index is 368. The summed E-state index contributed by atoms with van der Waals surface area (Å²) in [5.41, 5.74) is 6.45. The van der Waals surface area contributed by atoms with E-state index in [-0.39, 0.29) is 5.91 Å². The molecule has 0 saturated carbocycles. The molecule has 0 radical (unpaired) electrons. The highest BCUT2D eigenvalue weighted by Crippen LogP contribution is 2.13. The molecule has 0 unspecified atom stereocenters. The maximum Gasteiger partial charge on any atom is 0.231 e. The number of nitrogens with zero attached hydrogens (tertiary/aromatic N) is 1. The van der Waals surface area contributed by atoms with Crippen LogP contribution in [0, 0.1) is 0 Å². The van der Waals surface area contributed by atoms with Crippen molar-refractivity contribution in [3.05, 3.63) is 34.3 Å². The molecule has 0 aliphatic carbocycles. The molecular formula is C13H19BrN2O. The van der Waals surface area contributed by atoms with E-state index in [0.717, 1.165) is 30.4 Å². The smallest absolute Gasteiger partial charge is 0.231 e. The number of amides is 1. The van der Waals surface area contributed by atoms with Crippen molar-refractivity contribution in [1.29, 1.82) is 0 Å². The van der Waals surface area contributed by atoms with Crippen LogP contribution in [-0.2, 0) is 11.3 Å². The van der Waals surface area contributed by atoms with Crippen LogP contribution in [-0.4, -0.2) is 23.9 Å². The minimum Gasteiger partial charge on any atom is -0.369 e. The largest absolute Gasteiger partial charge is 0.369 e. The Balaban J connectivity index is 2.61. The van der Waals surface area contributed by atoms with Crippen molar-refractivity contribution in [3.63, 3.8) is 0 Å². The molecule has 0 aliphatic rings. The average Bonchev–Trinajstić information content (AvgIpc) is 2.25. The highest BCUT2D eigenvalue weighted by atomic mass is 79.9. The minimum atomic E-state index is -0.268. The van der Waals surface area contributed by atoms with E-state index in [1.54, 1.807) is 0 Å². The Morgan fingerprint density at radius 1 is 1.47 bits per heavy atom. The number of halogens is 1. The molecule has 0 aromatic heterocycles. The van der Waals surface area contributed by atoms with Gasteiger partial charge in [0.2, 0.25) is 5.91 Å². The van der Waals surface area contributed by atoms with E-state index in [1.165, 1.54) is 5.56 Å². The lowest BCUT2D eigenvalue weighted by molar-refractivity contribution is -0.119. The van der Waals surface area contributed by atoms with Crippen molar-refractivity contribution in [3.8, 4) is 0 Å². The highest BCUT2D eigenvalue weighted by molar-refractivity contribution is 9.10. The van der Waals surface area contributed by atoms with Crippen LogP contribution in [0.15, 0.2) is 28.7 Å². The van der Waals surface area contributed by atoms with Crippen LogP contribution in [0.1, 0.15) is 25.3 Å². The van der Waals surface area contributed by atoms with Crippen LogP contribution in [0.3, 0.4) is 0 Å². The molecule has 0 fully saturated rings. The Morgan fingerprint density at radius 3 is 2.82 bits per heavy atom. The van der Waals surface area contributed by atoms with Gasteiger partial charge in [-0.1, -0.05) is 41.4 Å². The standard InChI is InChI=1S/C13H19BrN2O/c1-2-3-7-16(10-13(15)17)9-11-5-4-6-12(14)8-11/h4-6,8H,2-3,7,9-10H2,1H3,(H2,15,17). The lowest BCUT2D eigenvalue weighted by Crippen LogP contribution is -2.34. The van der Waals surface area contributed by atoms with Gasteiger partial charge in [0.05, 0.1) is 6.54 Å². The minimum absolute atomic E-state index is 0.268. The van der Waals surface area contributed by atoms with Gasteiger partial charge < -0.3 is 5.73 Å². The normalized spacial score (nSPS) is 10.8. The molecule has 3 nitrogen and oxygen atoms in total. The van der Waals surface area contributed by atoms with Gasteiger partial charge in [0.25, 0.3) is 0 Å². The zero-order chi connectivity index (χ0) is 12.7. The van der Waals surface area contributed by atoms with Crippen LogP contribution in [0.2, 0.25) is 0 Å². The Morgan fingerprint density at radius 2 is 2.24 bits per heavy atom. The SMILES string of the molecule is CCCCN(CC(N)=O)Cc1cccc(Br)c1. The second kappa shape index (κ2) is 7.45. The summed E-state index contributed by atoms with van der Waals surface area (Å²) in [5.74, 6) is -0.268. The van der Waals surface area contributed by atoms with E-state index >= 15 is 0 Å². The first-order valence-corrected chi connectivity index (χ1v) is 6.66. The molecule has 0 atom stereocenters. The first-order chi connectivity index (χ1) is 8.11. The summed E-state index contributed by atoms with van der Waals surface area (Å²) in [6.45, 7) is 4.14. The Kier molecular flexibility index (Phi) is 6.22. The third-order valence-electron chi connectivity index (χ3n) is 2.50. The molecule has 1 amide bonds. The number of rotatable bonds is 7. The van der Waals surface area contributed by atoms with Gasteiger partial charge in [-0.25, -0.2) is 0 Å². The summed E-state index contributed by atoms with van der Waals surface area (Å²) in [5, 5.41) is 0. The summed E-state index contributed by atoms with van der Waals surface area (Å²) in [6.07, 6.45) is 2.20. The fourth-order valence-electron chi connectivity index (χ4n) is 1.71. The molecular weight excluding hydrogens is 280 g/mol. The summed E-state index contributed by atoms with van der Waals surface area (Å²) in [7, 11) is 0. The van der Waals surface area contributed by atoms with Crippen molar-refractivity contribution in [2.24, 2.45) is 5.73 Å². The van der Waals surface area contributed by atoms with Crippen molar-refractivity contribution in [2.75, 3.05) is 13.1 Å². The second-order valence-corrected chi connectivity index (χ2v) is 5.08. The van der Waals surface area contributed by atoms with Gasteiger partial charge >= 0.3 is 0 Å². The molecule has 94 valence electrons. The van der Waals surface area contributed by atoms with Gasteiger partial charge in [0.15, 0.2) is 0 Å². The topological polar surface area (TPSA) is 46.3 Å². The zero-order valence-corrected chi connectivity index (χ0v) is 11.7. The van der Waals surface area contributed by atoms with Gasteiger partial charge in [0, 0.05) is 11.0 Å². The van der Waals surface area contributed by atoms with Gasteiger partial charge in [0.1, 0.15) is 0 Å². The molecule has 2 N–H and O–H groups in total. The maximum absolute atomic E-state index is 11.0. The zero-order valence-electron chi connectivity index (χ0n) is 10.2. The maximum atomic E-state index is 11.0. The molecule has 0 bridgehead atoms. The van der Waals surface area contributed by atoms with Gasteiger partial charge in [-0.2, -0.15) is 0 Å². The molecule has 0 spiro atoms. The summed E-state index contributed by atoms with van der Waals surface area (Å²) >= 11 is 3.45. The fourth-order valence-corrected chi connectivity index (χ4v) is 2.16. The average molecular weight is 299 g/mol. The van der Waals surface area contributed by atoms with E-state index in [9.17, 15) is 4.79 Å². The van der Waals surface area contributed by atoms with Crippen molar-refractivity contribution < 1.29 is 4.79 Å². The summed E-state index contributed by atoms with van der Waals surface area (Å²) in [6, 6.07) is 8.13. The third-order valence-corrected chi connectivity index (χ3v) is 3.00. The van der Waals surface area contributed by atoms with Crippen LogP contribution in [0.25, 0.3) is 0 Å². The number of hydrogen-bond acceptors (Lipinski definition) is 2. The number of hydrogen-bond donors (Lipinski definition) is 1. The number of benzene rings is 1. The lowest BCUT2D eigenvalue weighted by atomic mass is 10.2. The third kappa shape index (κ3) is 5.84. The van der Waals surface area contributed by atoms with Gasteiger partial charge in [-0.3, -0.25) is 9.69 Å². The highest BCUT2D eigenvalue weighted by Gasteiger charge is 2.08. The molecule has 17 heavy (non-hydrogen) atoms. The van der Waals surface area contributed by atoms with Gasteiger partial charge in [-0.05, 0) is 30.7 Å². The number of unbranched alkanes of at least 4 members (excludes halogenated alkanes) is 1. The number of nitrogens with two attached hydrogens (primary N) is 1. The van der Waals surface area contributed by atoms with Crippen LogP contribution in [0.4, 0.5) is 0 Å². The molecule has 0 saturated heterocycles. The predicted molar refractivity (Wildman–Crippen MR) is 73.5 cm³/mol. The van der Waals surface area contributed by atoms with E-state index in [4.69, 9.17) is 5.73 Å². The summed E-state index contributed by atoms with van der Waals surface area (Å²) < 4.78 is 1.06. The monoisotopic (exact) mass is 298 g/mol. The Hall–Kier alpha value is -0.870. The van der Waals surface area contributed by atoms with Crippen LogP contribution in [0.5, 0.6) is 0 Å². The van der Waals surface area contributed by atoms with E-state index in [2.05, 4.69) is 39.9 Å². The second-order valence-electron chi connectivity index (χ2n) is 4.16. The predicted octanol–water partition coefficient (Wildman–Crippen LogP) is 2.54. The number of primary amides is 1. The Labute approximate surface area is 111 Å². The molecule has 0 aliphatic heterocycles. The van der Waals surface area contributed by atoms with Gasteiger partial charge in [-0.15, -0.1) is 0 Å². The van der Waals surface area contributed by atoms with E-state index < -0.39 is 0 Å². The van der Waals surface area contributed by atoms with E-state index in [1.807, 2.05) is 12.1 Å².